The number of ether oxygens (including phenoxy) is 1. The summed E-state index contributed by atoms with van der Waals surface area (Å²) in [6, 6.07) is 0. The molecular formula is C8H15N3O2. The SMILES string of the molecule is C[C@@H](O)C1(CN=[N+]=[N-])CCOCC1. The first-order valence-electron chi connectivity index (χ1n) is 4.48. The minimum Gasteiger partial charge on any atom is -0.393 e. The molecule has 0 aromatic rings. The van der Waals surface area contributed by atoms with Gasteiger partial charge in [0.2, 0.25) is 0 Å². The van der Waals surface area contributed by atoms with E-state index >= 15 is 0 Å². The summed E-state index contributed by atoms with van der Waals surface area (Å²) in [6.07, 6.45) is 1.09. The van der Waals surface area contributed by atoms with Crippen molar-refractivity contribution in [2.45, 2.75) is 25.9 Å². The summed E-state index contributed by atoms with van der Waals surface area (Å²) in [5.41, 5.74) is 7.98. The predicted molar refractivity (Wildman–Crippen MR) is 48.2 cm³/mol. The highest BCUT2D eigenvalue weighted by Gasteiger charge is 2.36. The van der Waals surface area contributed by atoms with Gasteiger partial charge in [-0.05, 0) is 25.3 Å². The molecule has 1 N–H and O–H groups in total. The molecule has 0 bridgehead atoms. The first-order valence-corrected chi connectivity index (χ1v) is 4.48. The Kier molecular flexibility index (Phi) is 3.54. The van der Waals surface area contributed by atoms with Crippen LogP contribution in [0.4, 0.5) is 0 Å². The lowest BCUT2D eigenvalue weighted by atomic mass is 9.76. The Morgan fingerprint density at radius 1 is 1.62 bits per heavy atom. The molecule has 74 valence electrons. The van der Waals surface area contributed by atoms with Crippen LogP contribution in [0.15, 0.2) is 5.11 Å². The maximum absolute atomic E-state index is 9.62. The van der Waals surface area contributed by atoms with Gasteiger partial charge in [-0.3, -0.25) is 0 Å². The minimum atomic E-state index is -0.443. The van der Waals surface area contributed by atoms with Gasteiger partial charge >= 0.3 is 0 Å². The Hall–Kier alpha value is -0.770. The van der Waals surface area contributed by atoms with Gasteiger partial charge in [0.05, 0.1) is 6.10 Å². The molecule has 0 saturated carbocycles. The van der Waals surface area contributed by atoms with Crippen molar-refractivity contribution in [3.63, 3.8) is 0 Å². The average Bonchev–Trinajstić information content (AvgIpc) is 2.16. The summed E-state index contributed by atoms with van der Waals surface area (Å²) in [5, 5.41) is 13.2. The number of nitrogens with zero attached hydrogens (tertiary/aromatic N) is 3. The summed E-state index contributed by atoms with van der Waals surface area (Å²) in [5.74, 6) is 0. The molecule has 1 saturated heterocycles. The molecule has 1 rings (SSSR count). The number of hydrogen-bond donors (Lipinski definition) is 1. The molecule has 1 fully saturated rings. The predicted octanol–water partition coefficient (Wildman–Crippen LogP) is 1.47. The van der Waals surface area contributed by atoms with Crippen molar-refractivity contribution in [2.75, 3.05) is 19.8 Å². The van der Waals surface area contributed by atoms with E-state index in [4.69, 9.17) is 10.3 Å². The minimum absolute atomic E-state index is 0.259. The van der Waals surface area contributed by atoms with E-state index < -0.39 is 6.10 Å². The van der Waals surface area contributed by atoms with Crippen molar-refractivity contribution >= 4 is 0 Å². The molecule has 0 spiro atoms. The molecule has 5 nitrogen and oxygen atoms in total. The Morgan fingerprint density at radius 3 is 2.69 bits per heavy atom. The van der Waals surface area contributed by atoms with Gasteiger partial charge in [-0.1, -0.05) is 5.11 Å². The van der Waals surface area contributed by atoms with Crippen molar-refractivity contribution in [1.29, 1.82) is 0 Å². The number of azide groups is 1. The molecular weight excluding hydrogens is 170 g/mol. The Morgan fingerprint density at radius 2 is 2.23 bits per heavy atom. The van der Waals surface area contributed by atoms with E-state index in [1.807, 2.05) is 0 Å². The third-order valence-corrected chi connectivity index (χ3v) is 2.82. The second-order valence-corrected chi connectivity index (χ2v) is 3.54. The van der Waals surface area contributed by atoms with Gasteiger partial charge in [0.1, 0.15) is 0 Å². The summed E-state index contributed by atoms with van der Waals surface area (Å²) < 4.78 is 5.21. The Balaban J connectivity index is 2.66. The first-order chi connectivity index (χ1) is 6.21. The van der Waals surface area contributed by atoms with E-state index in [9.17, 15) is 5.11 Å². The molecule has 13 heavy (non-hydrogen) atoms. The number of rotatable bonds is 3. The second kappa shape index (κ2) is 4.46. The van der Waals surface area contributed by atoms with Crippen molar-refractivity contribution in [3.8, 4) is 0 Å². The molecule has 1 aliphatic heterocycles. The third kappa shape index (κ3) is 2.34. The van der Waals surface area contributed by atoms with Crippen LogP contribution >= 0.6 is 0 Å². The monoisotopic (exact) mass is 185 g/mol. The van der Waals surface area contributed by atoms with Crippen LogP contribution in [0.3, 0.4) is 0 Å². The standard InChI is InChI=1S/C8H15N3O2/c1-7(12)8(6-10-11-9)2-4-13-5-3-8/h7,12H,2-6H2,1H3/t7-/m1/s1. The molecule has 0 aliphatic carbocycles. The fraction of sp³-hybridized carbons (Fsp3) is 1.00. The van der Waals surface area contributed by atoms with Gasteiger partial charge in [0.25, 0.3) is 0 Å². The zero-order valence-corrected chi connectivity index (χ0v) is 7.81. The van der Waals surface area contributed by atoms with Crippen molar-refractivity contribution < 1.29 is 9.84 Å². The number of hydrogen-bond acceptors (Lipinski definition) is 3. The normalized spacial score (nSPS) is 23.2. The lowest BCUT2D eigenvalue weighted by Crippen LogP contribution is -2.41. The van der Waals surface area contributed by atoms with Gasteiger partial charge in [0.15, 0.2) is 0 Å². The van der Waals surface area contributed by atoms with Gasteiger partial charge in [0, 0.05) is 30.1 Å². The quantitative estimate of drug-likeness (QED) is 0.410. The van der Waals surface area contributed by atoms with E-state index in [1.54, 1.807) is 6.92 Å². The molecule has 0 unspecified atom stereocenters. The van der Waals surface area contributed by atoms with Crippen LogP contribution in [-0.2, 0) is 4.74 Å². The molecule has 1 atom stereocenters. The summed E-state index contributed by atoms with van der Waals surface area (Å²) in [6.45, 7) is 3.40. The van der Waals surface area contributed by atoms with E-state index in [-0.39, 0.29) is 5.41 Å². The fourth-order valence-electron chi connectivity index (χ4n) is 1.66. The number of aliphatic hydroxyl groups is 1. The smallest absolute Gasteiger partial charge is 0.0571 e. The highest BCUT2D eigenvalue weighted by Crippen LogP contribution is 2.34. The van der Waals surface area contributed by atoms with Crippen LogP contribution in [-0.4, -0.2) is 31.0 Å². The van der Waals surface area contributed by atoms with Gasteiger partial charge < -0.3 is 9.84 Å². The summed E-state index contributed by atoms with van der Waals surface area (Å²) in [4.78, 5) is 2.73. The molecule has 0 aromatic carbocycles. The van der Waals surface area contributed by atoms with Crippen LogP contribution in [0.2, 0.25) is 0 Å². The number of aliphatic hydroxyl groups excluding tert-OH is 1. The molecule has 0 radical (unpaired) electrons. The lowest BCUT2D eigenvalue weighted by Gasteiger charge is -2.38. The van der Waals surface area contributed by atoms with E-state index in [0.717, 1.165) is 12.8 Å². The van der Waals surface area contributed by atoms with Crippen LogP contribution in [0.25, 0.3) is 10.4 Å². The maximum Gasteiger partial charge on any atom is 0.0571 e. The van der Waals surface area contributed by atoms with Gasteiger partial charge in [-0.25, -0.2) is 0 Å². The zero-order valence-electron chi connectivity index (χ0n) is 7.81. The van der Waals surface area contributed by atoms with Crippen LogP contribution < -0.4 is 0 Å². The van der Waals surface area contributed by atoms with Crippen molar-refractivity contribution in [3.05, 3.63) is 10.4 Å². The average molecular weight is 185 g/mol. The zero-order chi connectivity index (χ0) is 9.73. The van der Waals surface area contributed by atoms with Gasteiger partial charge in [-0.15, -0.1) is 0 Å². The molecule has 0 aromatic heterocycles. The summed E-state index contributed by atoms with van der Waals surface area (Å²) in [7, 11) is 0. The Bertz CT molecular complexity index is 205. The largest absolute Gasteiger partial charge is 0.393 e. The molecule has 1 heterocycles. The molecule has 0 amide bonds. The van der Waals surface area contributed by atoms with Gasteiger partial charge in [-0.2, -0.15) is 0 Å². The van der Waals surface area contributed by atoms with E-state index in [2.05, 4.69) is 10.0 Å². The highest BCUT2D eigenvalue weighted by atomic mass is 16.5. The topological polar surface area (TPSA) is 78.2 Å². The van der Waals surface area contributed by atoms with E-state index in [0.29, 0.717) is 19.8 Å². The van der Waals surface area contributed by atoms with Crippen molar-refractivity contribution in [2.24, 2.45) is 10.5 Å². The molecule has 5 heteroatoms. The van der Waals surface area contributed by atoms with Crippen molar-refractivity contribution in [1.82, 2.24) is 0 Å². The third-order valence-electron chi connectivity index (χ3n) is 2.82. The second-order valence-electron chi connectivity index (χ2n) is 3.54. The maximum atomic E-state index is 9.62. The molecule has 1 aliphatic rings. The first kappa shape index (κ1) is 10.3. The fourth-order valence-corrected chi connectivity index (χ4v) is 1.66. The lowest BCUT2D eigenvalue weighted by molar-refractivity contribution is -0.0485. The Labute approximate surface area is 77.3 Å². The van der Waals surface area contributed by atoms with Crippen LogP contribution in [0.5, 0.6) is 0 Å². The van der Waals surface area contributed by atoms with Crippen LogP contribution in [0, 0.1) is 5.41 Å². The highest BCUT2D eigenvalue weighted by molar-refractivity contribution is 4.88. The van der Waals surface area contributed by atoms with E-state index in [1.165, 1.54) is 0 Å². The van der Waals surface area contributed by atoms with Crippen LogP contribution in [0.1, 0.15) is 19.8 Å². The summed E-state index contributed by atoms with van der Waals surface area (Å²) >= 11 is 0.